The van der Waals surface area contributed by atoms with Crippen molar-refractivity contribution in [2.75, 3.05) is 25.2 Å². The third kappa shape index (κ3) is 4.18. The number of nitrogens with one attached hydrogen (secondary N) is 1. The zero-order chi connectivity index (χ0) is 12.8. The van der Waals surface area contributed by atoms with Gasteiger partial charge in [0.2, 0.25) is 0 Å². The first-order valence-electron chi connectivity index (χ1n) is 6.58. The Kier molecular flexibility index (Phi) is 5.32. The maximum atomic E-state index is 5.26. The first-order valence-corrected chi connectivity index (χ1v) is 7.73. The minimum absolute atomic E-state index is 0.835. The van der Waals surface area contributed by atoms with Crippen molar-refractivity contribution in [2.24, 2.45) is 5.92 Å². The van der Waals surface area contributed by atoms with E-state index < -0.39 is 0 Å². The Morgan fingerprint density at radius 1 is 1.39 bits per heavy atom. The van der Waals surface area contributed by atoms with Crippen LogP contribution in [0.1, 0.15) is 24.2 Å². The van der Waals surface area contributed by atoms with E-state index >= 15 is 0 Å². The molecule has 1 aliphatic heterocycles. The average Bonchev–Trinajstić information content (AvgIpc) is 2.39. The smallest absolute Gasteiger partial charge is 0.122 e. The van der Waals surface area contributed by atoms with Crippen molar-refractivity contribution in [1.82, 2.24) is 10.3 Å². The molecule has 1 aromatic rings. The highest BCUT2D eigenvalue weighted by molar-refractivity contribution is 7.99. The van der Waals surface area contributed by atoms with E-state index in [9.17, 15) is 0 Å². The van der Waals surface area contributed by atoms with Crippen LogP contribution in [0.2, 0.25) is 0 Å². The average molecular weight is 266 g/mol. The molecule has 0 aliphatic carbocycles. The molecule has 0 saturated carbocycles. The van der Waals surface area contributed by atoms with Gasteiger partial charge in [-0.05, 0) is 43.7 Å². The fourth-order valence-electron chi connectivity index (χ4n) is 2.27. The van der Waals surface area contributed by atoms with Crippen LogP contribution in [0.4, 0.5) is 0 Å². The molecule has 100 valence electrons. The number of rotatable bonds is 5. The molecule has 3 nitrogen and oxygen atoms in total. The number of thioether (sulfide) groups is 1. The molecule has 0 radical (unpaired) electrons. The summed E-state index contributed by atoms with van der Waals surface area (Å²) in [6.45, 7) is 3.95. The molecular formula is C14H22N2OS. The van der Waals surface area contributed by atoms with Crippen molar-refractivity contribution < 1.29 is 4.74 Å². The van der Waals surface area contributed by atoms with Gasteiger partial charge in [-0.15, -0.1) is 0 Å². The number of pyridine rings is 1. The van der Waals surface area contributed by atoms with Crippen molar-refractivity contribution in [3.05, 3.63) is 23.5 Å². The van der Waals surface area contributed by atoms with E-state index in [1.165, 1.54) is 24.3 Å². The molecule has 4 heteroatoms. The van der Waals surface area contributed by atoms with Crippen molar-refractivity contribution in [1.29, 1.82) is 0 Å². The van der Waals surface area contributed by atoms with Crippen LogP contribution in [0.25, 0.3) is 0 Å². The second kappa shape index (κ2) is 7.00. The van der Waals surface area contributed by atoms with Gasteiger partial charge in [-0.2, -0.15) is 11.8 Å². The summed E-state index contributed by atoms with van der Waals surface area (Å²) in [4.78, 5) is 4.52. The number of hydrogen-bond acceptors (Lipinski definition) is 4. The van der Waals surface area contributed by atoms with Crippen LogP contribution in [0.15, 0.2) is 12.1 Å². The van der Waals surface area contributed by atoms with E-state index in [4.69, 9.17) is 4.74 Å². The van der Waals surface area contributed by atoms with E-state index in [1.807, 2.05) is 19.1 Å². The van der Waals surface area contributed by atoms with E-state index in [-0.39, 0.29) is 0 Å². The van der Waals surface area contributed by atoms with Gasteiger partial charge >= 0.3 is 0 Å². The molecular weight excluding hydrogens is 244 g/mol. The third-order valence-corrected chi connectivity index (χ3v) is 4.34. The van der Waals surface area contributed by atoms with E-state index in [1.54, 1.807) is 7.11 Å². The van der Waals surface area contributed by atoms with Crippen molar-refractivity contribution in [3.8, 4) is 5.75 Å². The molecule has 1 saturated heterocycles. The Labute approximate surface area is 114 Å². The predicted octanol–water partition coefficient (Wildman–Crippen LogP) is 2.63. The molecule has 2 rings (SSSR count). The normalized spacial score (nSPS) is 16.8. The fourth-order valence-corrected chi connectivity index (χ4v) is 3.47. The van der Waals surface area contributed by atoms with Gasteiger partial charge in [0.1, 0.15) is 5.75 Å². The van der Waals surface area contributed by atoms with E-state index in [2.05, 4.69) is 22.1 Å². The number of nitrogens with zero attached hydrogens (tertiary/aromatic N) is 1. The molecule has 0 aromatic carbocycles. The molecule has 1 N–H and O–H groups in total. The summed E-state index contributed by atoms with van der Waals surface area (Å²) in [5.41, 5.74) is 2.08. The first-order chi connectivity index (χ1) is 8.78. The molecule has 0 amide bonds. The fraction of sp³-hybridized carbons (Fsp3) is 0.643. The van der Waals surface area contributed by atoms with Crippen LogP contribution in [0, 0.1) is 12.8 Å². The second-order valence-corrected chi connectivity index (χ2v) is 6.05. The Balaban J connectivity index is 1.80. The number of ether oxygens (including phenoxy) is 1. The molecule has 1 fully saturated rings. The van der Waals surface area contributed by atoms with Crippen molar-refractivity contribution in [3.63, 3.8) is 0 Å². The van der Waals surface area contributed by atoms with Gasteiger partial charge in [-0.3, -0.25) is 4.98 Å². The topological polar surface area (TPSA) is 34.1 Å². The summed E-state index contributed by atoms with van der Waals surface area (Å²) >= 11 is 2.08. The summed E-state index contributed by atoms with van der Waals surface area (Å²) in [5, 5.41) is 3.52. The highest BCUT2D eigenvalue weighted by Crippen LogP contribution is 2.22. The van der Waals surface area contributed by atoms with Gasteiger partial charge in [0.15, 0.2) is 0 Å². The molecule has 0 atom stereocenters. The van der Waals surface area contributed by atoms with Gasteiger partial charge in [-0.25, -0.2) is 0 Å². The van der Waals surface area contributed by atoms with Crippen LogP contribution in [-0.2, 0) is 6.54 Å². The standard InChI is InChI=1S/C14H22N2OS/c1-11-7-14(17-2)8-13(16-11)10-15-9-12-3-5-18-6-4-12/h7-8,12,15H,3-6,9-10H2,1-2H3. The molecule has 2 heterocycles. The highest BCUT2D eigenvalue weighted by atomic mass is 32.2. The van der Waals surface area contributed by atoms with Gasteiger partial charge in [-0.1, -0.05) is 0 Å². The van der Waals surface area contributed by atoms with Crippen LogP contribution in [0.3, 0.4) is 0 Å². The maximum absolute atomic E-state index is 5.26. The quantitative estimate of drug-likeness (QED) is 0.888. The molecule has 0 unspecified atom stereocenters. The van der Waals surface area contributed by atoms with Crippen molar-refractivity contribution in [2.45, 2.75) is 26.3 Å². The van der Waals surface area contributed by atoms with Gasteiger partial charge in [0.05, 0.1) is 12.8 Å². The summed E-state index contributed by atoms with van der Waals surface area (Å²) in [6.07, 6.45) is 2.70. The Morgan fingerprint density at radius 2 is 2.17 bits per heavy atom. The Bertz CT molecular complexity index is 378. The summed E-state index contributed by atoms with van der Waals surface area (Å²) in [7, 11) is 1.70. The summed E-state index contributed by atoms with van der Waals surface area (Å²) in [6, 6.07) is 3.97. The van der Waals surface area contributed by atoms with E-state index in [0.29, 0.717) is 0 Å². The Morgan fingerprint density at radius 3 is 2.89 bits per heavy atom. The largest absolute Gasteiger partial charge is 0.497 e. The lowest BCUT2D eigenvalue weighted by Crippen LogP contribution is -2.25. The molecule has 0 spiro atoms. The second-order valence-electron chi connectivity index (χ2n) is 4.83. The third-order valence-electron chi connectivity index (χ3n) is 3.30. The predicted molar refractivity (Wildman–Crippen MR) is 77.3 cm³/mol. The van der Waals surface area contributed by atoms with Gasteiger partial charge in [0, 0.05) is 24.4 Å². The Hall–Kier alpha value is -0.740. The van der Waals surface area contributed by atoms with Crippen LogP contribution < -0.4 is 10.1 Å². The number of methoxy groups -OCH3 is 1. The lowest BCUT2D eigenvalue weighted by Gasteiger charge is -2.21. The SMILES string of the molecule is COc1cc(C)nc(CNCC2CCSCC2)c1. The zero-order valence-electron chi connectivity index (χ0n) is 11.2. The molecule has 1 aromatic heterocycles. The van der Waals surface area contributed by atoms with Crippen molar-refractivity contribution >= 4 is 11.8 Å². The minimum atomic E-state index is 0.835. The number of aromatic nitrogens is 1. The van der Waals surface area contributed by atoms with Crippen LogP contribution >= 0.6 is 11.8 Å². The van der Waals surface area contributed by atoms with Crippen LogP contribution in [0.5, 0.6) is 5.75 Å². The zero-order valence-corrected chi connectivity index (χ0v) is 12.1. The van der Waals surface area contributed by atoms with E-state index in [0.717, 1.165) is 36.1 Å². The lowest BCUT2D eigenvalue weighted by atomic mass is 10.0. The number of aryl methyl sites for hydroxylation is 1. The molecule has 0 bridgehead atoms. The summed E-state index contributed by atoms with van der Waals surface area (Å²) < 4.78 is 5.26. The summed E-state index contributed by atoms with van der Waals surface area (Å²) in [5.74, 6) is 4.39. The van der Waals surface area contributed by atoms with Gasteiger partial charge < -0.3 is 10.1 Å². The lowest BCUT2D eigenvalue weighted by molar-refractivity contribution is 0.411. The maximum Gasteiger partial charge on any atom is 0.122 e. The van der Waals surface area contributed by atoms with Gasteiger partial charge in [0.25, 0.3) is 0 Å². The minimum Gasteiger partial charge on any atom is -0.497 e. The highest BCUT2D eigenvalue weighted by Gasteiger charge is 2.13. The monoisotopic (exact) mass is 266 g/mol. The number of hydrogen-bond donors (Lipinski definition) is 1. The van der Waals surface area contributed by atoms with Crippen LogP contribution in [-0.4, -0.2) is 30.1 Å². The molecule has 18 heavy (non-hydrogen) atoms. The molecule has 1 aliphatic rings. The first kappa shape index (κ1) is 13.7.